The largest absolute Gasteiger partial charge is 0.364 e. The van der Waals surface area contributed by atoms with Crippen molar-refractivity contribution < 1.29 is 9.31 Å². The zero-order valence-corrected chi connectivity index (χ0v) is 8.60. The molecule has 1 saturated heterocycles. The standard InChI is InChI=1S/C10H12FN3O2/c11-8-2-1-3-9(10(8)14(15)16)13-5-4-7(12)6-13/h1-3,7H,4-6,12H2/t7-/m1/s1. The first-order valence-corrected chi connectivity index (χ1v) is 5.03. The SMILES string of the molecule is N[C@@H]1CCN(c2cccc(F)c2[N+](=O)[O-])C1. The Bertz CT molecular complexity index is 425. The molecule has 1 aliphatic heterocycles. The van der Waals surface area contributed by atoms with Crippen molar-refractivity contribution in [3.8, 4) is 0 Å². The Morgan fingerprint density at radius 2 is 2.31 bits per heavy atom. The average Bonchev–Trinajstić information content (AvgIpc) is 2.63. The van der Waals surface area contributed by atoms with Crippen LogP contribution in [0, 0.1) is 15.9 Å². The van der Waals surface area contributed by atoms with E-state index in [0.717, 1.165) is 12.5 Å². The number of halogens is 1. The molecular weight excluding hydrogens is 213 g/mol. The average molecular weight is 225 g/mol. The number of nitrogens with zero attached hydrogens (tertiary/aromatic N) is 2. The van der Waals surface area contributed by atoms with Gasteiger partial charge in [-0.15, -0.1) is 0 Å². The van der Waals surface area contributed by atoms with Crippen LogP contribution in [0.3, 0.4) is 0 Å². The lowest BCUT2D eigenvalue weighted by Crippen LogP contribution is -2.26. The van der Waals surface area contributed by atoms with E-state index < -0.39 is 16.4 Å². The van der Waals surface area contributed by atoms with Gasteiger partial charge in [0.2, 0.25) is 5.82 Å². The van der Waals surface area contributed by atoms with Crippen molar-refractivity contribution in [3.63, 3.8) is 0 Å². The van der Waals surface area contributed by atoms with Gasteiger partial charge in [0.05, 0.1) is 4.92 Å². The molecule has 0 bridgehead atoms. The van der Waals surface area contributed by atoms with Gasteiger partial charge in [0.15, 0.2) is 0 Å². The van der Waals surface area contributed by atoms with Crippen molar-refractivity contribution in [2.24, 2.45) is 5.73 Å². The summed E-state index contributed by atoms with van der Waals surface area (Å²) in [4.78, 5) is 11.9. The van der Waals surface area contributed by atoms with Gasteiger partial charge in [-0.2, -0.15) is 4.39 Å². The number of hydrogen-bond donors (Lipinski definition) is 1. The smallest absolute Gasteiger partial charge is 0.327 e. The minimum absolute atomic E-state index is 0.00266. The molecule has 0 aromatic heterocycles. The number of nitro benzene ring substituents is 1. The number of para-hydroxylation sites is 1. The van der Waals surface area contributed by atoms with Crippen molar-refractivity contribution in [1.29, 1.82) is 0 Å². The molecule has 5 nitrogen and oxygen atoms in total. The van der Waals surface area contributed by atoms with E-state index in [1.54, 1.807) is 11.0 Å². The first-order valence-electron chi connectivity index (χ1n) is 5.03. The van der Waals surface area contributed by atoms with Crippen molar-refractivity contribution in [3.05, 3.63) is 34.1 Å². The van der Waals surface area contributed by atoms with Crippen LogP contribution in [0.5, 0.6) is 0 Å². The maximum Gasteiger partial charge on any atom is 0.327 e. The molecule has 0 spiro atoms. The van der Waals surface area contributed by atoms with Crippen LogP contribution >= 0.6 is 0 Å². The molecule has 16 heavy (non-hydrogen) atoms. The molecule has 0 unspecified atom stereocenters. The Morgan fingerprint density at radius 1 is 1.56 bits per heavy atom. The normalized spacial score (nSPS) is 20.1. The second-order valence-electron chi connectivity index (χ2n) is 3.86. The van der Waals surface area contributed by atoms with E-state index in [4.69, 9.17) is 5.73 Å². The topological polar surface area (TPSA) is 72.4 Å². The fourth-order valence-corrected chi connectivity index (χ4v) is 1.95. The summed E-state index contributed by atoms with van der Waals surface area (Å²) in [6.07, 6.45) is 0.771. The monoisotopic (exact) mass is 225 g/mol. The molecule has 2 N–H and O–H groups in total. The number of rotatable bonds is 2. The molecule has 0 radical (unpaired) electrons. The van der Waals surface area contributed by atoms with Gasteiger partial charge in [0.1, 0.15) is 5.69 Å². The summed E-state index contributed by atoms with van der Waals surface area (Å²) < 4.78 is 13.4. The van der Waals surface area contributed by atoms with E-state index in [1.807, 2.05) is 0 Å². The van der Waals surface area contributed by atoms with Crippen LogP contribution < -0.4 is 10.6 Å². The second kappa shape index (κ2) is 4.05. The zero-order valence-electron chi connectivity index (χ0n) is 8.60. The van der Waals surface area contributed by atoms with Crippen LogP contribution in [0.1, 0.15) is 6.42 Å². The van der Waals surface area contributed by atoms with Crippen molar-refractivity contribution in [2.75, 3.05) is 18.0 Å². The summed E-state index contributed by atoms with van der Waals surface area (Å²) in [6.45, 7) is 1.16. The lowest BCUT2D eigenvalue weighted by Gasteiger charge is -2.17. The number of hydrogen-bond acceptors (Lipinski definition) is 4. The Balaban J connectivity index is 2.40. The van der Waals surface area contributed by atoms with Crippen LogP contribution in [0.4, 0.5) is 15.8 Å². The fraction of sp³-hybridized carbons (Fsp3) is 0.400. The molecule has 1 aromatic carbocycles. The van der Waals surface area contributed by atoms with Gasteiger partial charge < -0.3 is 10.6 Å². The van der Waals surface area contributed by atoms with Gasteiger partial charge in [-0.3, -0.25) is 10.1 Å². The lowest BCUT2D eigenvalue weighted by molar-refractivity contribution is -0.386. The van der Waals surface area contributed by atoms with Gasteiger partial charge in [-0.25, -0.2) is 0 Å². The van der Waals surface area contributed by atoms with Crippen LogP contribution in [-0.4, -0.2) is 24.1 Å². The second-order valence-corrected chi connectivity index (χ2v) is 3.86. The maximum absolute atomic E-state index is 13.4. The Morgan fingerprint density at radius 3 is 2.88 bits per heavy atom. The molecule has 2 rings (SSSR count). The van der Waals surface area contributed by atoms with Gasteiger partial charge in [-0.05, 0) is 18.6 Å². The number of anilines is 1. The molecule has 0 saturated carbocycles. The minimum Gasteiger partial charge on any atom is -0.364 e. The summed E-state index contributed by atoms with van der Waals surface area (Å²) in [5.74, 6) is -0.803. The third kappa shape index (κ3) is 1.83. The highest BCUT2D eigenvalue weighted by Crippen LogP contribution is 2.32. The van der Waals surface area contributed by atoms with Crippen LogP contribution in [0.15, 0.2) is 18.2 Å². The highest BCUT2D eigenvalue weighted by Gasteiger charge is 2.28. The summed E-state index contributed by atoms with van der Waals surface area (Å²) in [5.41, 5.74) is 5.58. The van der Waals surface area contributed by atoms with E-state index >= 15 is 0 Å². The molecule has 1 aromatic rings. The molecule has 0 aliphatic carbocycles. The van der Waals surface area contributed by atoms with Crippen LogP contribution in [0.25, 0.3) is 0 Å². The molecule has 1 aliphatic rings. The van der Waals surface area contributed by atoms with Gasteiger partial charge >= 0.3 is 5.69 Å². The first kappa shape index (κ1) is 10.8. The fourth-order valence-electron chi connectivity index (χ4n) is 1.95. The van der Waals surface area contributed by atoms with E-state index in [2.05, 4.69) is 0 Å². The van der Waals surface area contributed by atoms with E-state index in [0.29, 0.717) is 18.8 Å². The van der Waals surface area contributed by atoms with Gasteiger partial charge in [-0.1, -0.05) is 6.07 Å². The van der Waals surface area contributed by atoms with Crippen LogP contribution in [-0.2, 0) is 0 Å². The highest BCUT2D eigenvalue weighted by molar-refractivity contribution is 5.64. The van der Waals surface area contributed by atoms with E-state index in [9.17, 15) is 14.5 Å². The summed E-state index contributed by atoms with van der Waals surface area (Å²) >= 11 is 0. The van der Waals surface area contributed by atoms with Crippen molar-refractivity contribution in [2.45, 2.75) is 12.5 Å². The molecule has 86 valence electrons. The third-order valence-electron chi connectivity index (χ3n) is 2.71. The molecule has 1 atom stereocenters. The molecule has 1 fully saturated rings. The zero-order chi connectivity index (χ0) is 11.7. The lowest BCUT2D eigenvalue weighted by atomic mass is 10.2. The molecule has 0 amide bonds. The Labute approximate surface area is 91.8 Å². The molecule has 6 heteroatoms. The quantitative estimate of drug-likeness (QED) is 0.607. The summed E-state index contributed by atoms with van der Waals surface area (Å²) in [6, 6.07) is 4.13. The van der Waals surface area contributed by atoms with Crippen molar-refractivity contribution >= 4 is 11.4 Å². The third-order valence-corrected chi connectivity index (χ3v) is 2.71. The van der Waals surface area contributed by atoms with Crippen molar-refractivity contribution in [1.82, 2.24) is 0 Å². The van der Waals surface area contributed by atoms with Crippen LogP contribution in [0.2, 0.25) is 0 Å². The molecular formula is C10H12FN3O2. The van der Waals surface area contributed by atoms with Gasteiger partial charge in [0.25, 0.3) is 0 Å². The molecule has 1 heterocycles. The maximum atomic E-state index is 13.4. The predicted octanol–water partition coefficient (Wildman–Crippen LogP) is 1.27. The first-order chi connectivity index (χ1) is 7.59. The summed E-state index contributed by atoms with van der Waals surface area (Å²) in [5, 5.41) is 10.8. The Hall–Kier alpha value is -1.69. The number of benzene rings is 1. The summed E-state index contributed by atoms with van der Waals surface area (Å²) in [7, 11) is 0. The highest BCUT2D eigenvalue weighted by atomic mass is 19.1. The minimum atomic E-state index is -0.803. The van der Waals surface area contributed by atoms with E-state index in [1.165, 1.54) is 6.07 Å². The van der Waals surface area contributed by atoms with Gasteiger partial charge in [0, 0.05) is 19.1 Å². The van der Waals surface area contributed by atoms with E-state index in [-0.39, 0.29) is 6.04 Å². The number of nitrogens with two attached hydrogens (primary N) is 1. The predicted molar refractivity (Wildman–Crippen MR) is 57.9 cm³/mol. The Kier molecular flexibility index (Phi) is 2.74. The number of nitro groups is 1.